The highest BCUT2D eigenvalue weighted by Crippen LogP contribution is 2.40. The summed E-state index contributed by atoms with van der Waals surface area (Å²) < 4.78 is 5.23. The number of hydrogen-bond donors (Lipinski definition) is 0. The summed E-state index contributed by atoms with van der Waals surface area (Å²) in [6, 6.07) is 12.4. The summed E-state index contributed by atoms with van der Waals surface area (Å²) in [4.78, 5) is 11.9. The molecule has 0 fully saturated rings. The van der Waals surface area contributed by atoms with E-state index in [1.54, 1.807) is 24.3 Å². The van der Waals surface area contributed by atoms with Crippen LogP contribution in [0.15, 0.2) is 42.5 Å². The van der Waals surface area contributed by atoms with Crippen LogP contribution in [-0.4, -0.2) is 5.97 Å². The van der Waals surface area contributed by atoms with Crippen LogP contribution in [0.25, 0.3) is 0 Å². The Bertz CT molecular complexity index is 620. The second-order valence-electron chi connectivity index (χ2n) is 4.09. The molecule has 1 heterocycles. The maximum absolute atomic E-state index is 11.9. The van der Waals surface area contributed by atoms with Crippen molar-refractivity contribution in [1.29, 1.82) is 0 Å². The van der Waals surface area contributed by atoms with Gasteiger partial charge in [0.25, 0.3) is 0 Å². The predicted octanol–water partition coefficient (Wildman–Crippen LogP) is 4.04. The van der Waals surface area contributed by atoms with Crippen molar-refractivity contribution in [1.82, 2.24) is 0 Å². The minimum atomic E-state index is -0.394. The first-order chi connectivity index (χ1) is 8.65. The summed E-state index contributed by atoms with van der Waals surface area (Å²) in [6.07, 6.45) is 0. The maximum atomic E-state index is 11.9. The van der Waals surface area contributed by atoms with Crippen LogP contribution in [0.1, 0.15) is 17.0 Å². The highest BCUT2D eigenvalue weighted by Gasteiger charge is 2.34. The van der Waals surface area contributed by atoms with E-state index in [0.29, 0.717) is 15.8 Å². The molecule has 0 radical (unpaired) electrons. The summed E-state index contributed by atoms with van der Waals surface area (Å²) in [6.45, 7) is 0. The average Bonchev–Trinajstić information content (AvgIpc) is 2.65. The van der Waals surface area contributed by atoms with Crippen LogP contribution in [0.2, 0.25) is 10.0 Å². The van der Waals surface area contributed by atoms with Crippen molar-refractivity contribution in [2.24, 2.45) is 0 Å². The fourth-order valence-electron chi connectivity index (χ4n) is 2.10. The zero-order valence-electron chi connectivity index (χ0n) is 9.19. The lowest BCUT2D eigenvalue weighted by atomic mass is 9.93. The molecule has 1 aliphatic rings. The molecular formula is C14H8Cl2O2. The lowest BCUT2D eigenvalue weighted by Gasteiger charge is -2.07. The Morgan fingerprint density at radius 1 is 0.944 bits per heavy atom. The Morgan fingerprint density at radius 2 is 1.61 bits per heavy atom. The first-order valence-electron chi connectivity index (χ1n) is 5.42. The molecule has 1 atom stereocenters. The van der Waals surface area contributed by atoms with E-state index in [1.807, 2.05) is 18.2 Å². The number of rotatable bonds is 1. The van der Waals surface area contributed by atoms with Crippen LogP contribution in [0.5, 0.6) is 5.75 Å². The van der Waals surface area contributed by atoms with Crippen molar-refractivity contribution in [2.45, 2.75) is 5.92 Å². The molecule has 4 heteroatoms. The summed E-state index contributed by atoms with van der Waals surface area (Å²) >= 11 is 11.7. The van der Waals surface area contributed by atoms with E-state index in [-0.39, 0.29) is 5.97 Å². The Labute approximate surface area is 114 Å². The van der Waals surface area contributed by atoms with Crippen LogP contribution in [0.4, 0.5) is 0 Å². The summed E-state index contributed by atoms with van der Waals surface area (Å²) in [5, 5.41) is 1.19. The first-order valence-corrected chi connectivity index (χ1v) is 6.17. The van der Waals surface area contributed by atoms with Gasteiger partial charge in [-0.1, -0.05) is 41.4 Å². The van der Waals surface area contributed by atoms with E-state index < -0.39 is 5.92 Å². The molecule has 2 aromatic rings. The molecule has 0 amide bonds. The molecule has 18 heavy (non-hydrogen) atoms. The molecule has 90 valence electrons. The molecular weight excluding hydrogens is 271 g/mol. The minimum absolute atomic E-state index is 0.283. The van der Waals surface area contributed by atoms with E-state index in [0.717, 1.165) is 11.1 Å². The van der Waals surface area contributed by atoms with Gasteiger partial charge in [0.2, 0.25) is 0 Å². The van der Waals surface area contributed by atoms with Gasteiger partial charge in [-0.25, -0.2) is 0 Å². The molecule has 1 unspecified atom stereocenters. The highest BCUT2D eigenvalue weighted by atomic mass is 35.5. The molecule has 0 aromatic heterocycles. The zero-order chi connectivity index (χ0) is 12.7. The van der Waals surface area contributed by atoms with Gasteiger partial charge in [-0.3, -0.25) is 4.79 Å². The molecule has 2 nitrogen and oxygen atoms in total. The van der Waals surface area contributed by atoms with Crippen molar-refractivity contribution in [3.63, 3.8) is 0 Å². The number of carbonyl (C=O) groups is 1. The standard InChI is InChI=1S/C14H8Cl2O2/c15-9-3-1-8(2-4-9)13-11-6-5-10(16)7-12(11)18-14(13)17/h1-7,13H. The molecule has 0 bridgehead atoms. The van der Waals surface area contributed by atoms with Crippen LogP contribution in [0, 0.1) is 0 Å². The second kappa shape index (κ2) is 4.30. The number of fused-ring (bicyclic) bond motifs is 1. The highest BCUT2D eigenvalue weighted by molar-refractivity contribution is 6.31. The molecule has 2 aromatic carbocycles. The number of carbonyl (C=O) groups excluding carboxylic acids is 1. The SMILES string of the molecule is O=C1Oc2cc(Cl)ccc2C1c1ccc(Cl)cc1. The van der Waals surface area contributed by atoms with E-state index in [4.69, 9.17) is 27.9 Å². The van der Waals surface area contributed by atoms with Gasteiger partial charge in [0.1, 0.15) is 11.7 Å². The second-order valence-corrected chi connectivity index (χ2v) is 4.96. The topological polar surface area (TPSA) is 26.3 Å². The van der Waals surface area contributed by atoms with E-state index in [2.05, 4.69) is 0 Å². The van der Waals surface area contributed by atoms with Crippen molar-refractivity contribution in [3.05, 3.63) is 63.6 Å². The van der Waals surface area contributed by atoms with Crippen LogP contribution < -0.4 is 4.74 Å². The number of benzene rings is 2. The van der Waals surface area contributed by atoms with Gasteiger partial charge >= 0.3 is 5.97 Å². The Kier molecular flexibility index (Phi) is 2.77. The third kappa shape index (κ3) is 1.88. The molecule has 0 saturated heterocycles. The van der Waals surface area contributed by atoms with Crippen molar-refractivity contribution < 1.29 is 9.53 Å². The molecule has 0 saturated carbocycles. The van der Waals surface area contributed by atoms with Crippen molar-refractivity contribution in [2.75, 3.05) is 0 Å². The number of halogens is 2. The van der Waals surface area contributed by atoms with E-state index >= 15 is 0 Å². The van der Waals surface area contributed by atoms with Crippen LogP contribution in [0.3, 0.4) is 0 Å². The summed E-state index contributed by atoms with van der Waals surface area (Å²) in [5.41, 5.74) is 1.71. The van der Waals surface area contributed by atoms with Crippen molar-refractivity contribution >= 4 is 29.2 Å². The lowest BCUT2D eigenvalue weighted by Crippen LogP contribution is -2.11. The van der Waals surface area contributed by atoms with Gasteiger partial charge < -0.3 is 4.74 Å². The van der Waals surface area contributed by atoms with Gasteiger partial charge in [-0.2, -0.15) is 0 Å². The number of esters is 1. The van der Waals surface area contributed by atoms with Gasteiger partial charge in [0.15, 0.2) is 0 Å². The molecule has 0 aliphatic carbocycles. The Balaban J connectivity index is 2.09. The van der Waals surface area contributed by atoms with E-state index in [1.165, 1.54) is 0 Å². The molecule has 1 aliphatic heterocycles. The van der Waals surface area contributed by atoms with Gasteiger partial charge in [0, 0.05) is 15.6 Å². The van der Waals surface area contributed by atoms with Crippen molar-refractivity contribution in [3.8, 4) is 5.75 Å². The fraction of sp³-hybridized carbons (Fsp3) is 0.0714. The average molecular weight is 279 g/mol. The largest absolute Gasteiger partial charge is 0.425 e. The minimum Gasteiger partial charge on any atom is -0.425 e. The van der Waals surface area contributed by atoms with Gasteiger partial charge in [-0.05, 0) is 29.8 Å². The first kappa shape index (κ1) is 11.6. The molecule has 0 spiro atoms. The van der Waals surface area contributed by atoms with Crippen LogP contribution >= 0.6 is 23.2 Å². The Morgan fingerprint density at radius 3 is 2.33 bits per heavy atom. The van der Waals surface area contributed by atoms with Crippen LogP contribution in [-0.2, 0) is 4.79 Å². The monoisotopic (exact) mass is 278 g/mol. The molecule has 3 rings (SSSR count). The zero-order valence-corrected chi connectivity index (χ0v) is 10.7. The quantitative estimate of drug-likeness (QED) is 0.581. The lowest BCUT2D eigenvalue weighted by molar-refractivity contribution is -0.133. The Hall–Kier alpha value is -1.51. The number of ether oxygens (including phenoxy) is 1. The summed E-state index contributed by atoms with van der Waals surface area (Å²) in [7, 11) is 0. The fourth-order valence-corrected chi connectivity index (χ4v) is 2.39. The third-order valence-electron chi connectivity index (χ3n) is 2.94. The number of hydrogen-bond acceptors (Lipinski definition) is 2. The smallest absolute Gasteiger partial charge is 0.323 e. The normalized spacial score (nSPS) is 17.4. The van der Waals surface area contributed by atoms with Gasteiger partial charge in [-0.15, -0.1) is 0 Å². The van der Waals surface area contributed by atoms with Gasteiger partial charge in [0.05, 0.1) is 0 Å². The third-order valence-corrected chi connectivity index (χ3v) is 3.42. The van der Waals surface area contributed by atoms with E-state index in [9.17, 15) is 4.79 Å². The summed E-state index contributed by atoms with van der Waals surface area (Å²) in [5.74, 6) is -0.142. The molecule has 0 N–H and O–H groups in total. The predicted molar refractivity (Wildman–Crippen MR) is 70.4 cm³/mol. The maximum Gasteiger partial charge on any atom is 0.323 e.